The van der Waals surface area contributed by atoms with E-state index in [0.717, 1.165) is 48.6 Å². The number of ether oxygens (including phenoxy) is 1. The van der Waals surface area contributed by atoms with Crippen molar-refractivity contribution in [3.8, 4) is 0 Å². The molecule has 7 nitrogen and oxygen atoms in total. The third-order valence-corrected chi connectivity index (χ3v) is 7.52. The average molecular weight is 498 g/mol. The molecule has 2 heterocycles. The van der Waals surface area contributed by atoms with Crippen LogP contribution in [0.25, 0.3) is 5.57 Å². The quantitative estimate of drug-likeness (QED) is 0.549. The van der Waals surface area contributed by atoms with Gasteiger partial charge in [-0.15, -0.1) is 0 Å². The fourth-order valence-electron chi connectivity index (χ4n) is 4.85. The van der Waals surface area contributed by atoms with Crippen molar-refractivity contribution >= 4 is 15.6 Å². The molecule has 188 valence electrons. The second-order valence-electron chi connectivity index (χ2n) is 9.53. The largest absolute Gasteiger partial charge is 0.376 e. The lowest BCUT2D eigenvalue weighted by Gasteiger charge is -2.39. The second-order valence-corrected chi connectivity index (χ2v) is 11.4. The maximum atomic E-state index is 11.9. The first-order valence-corrected chi connectivity index (χ1v) is 14.1. The van der Waals surface area contributed by atoms with Gasteiger partial charge in [-0.05, 0) is 67.4 Å². The number of nitrogens with zero attached hydrogens (tertiary/aromatic N) is 2. The van der Waals surface area contributed by atoms with Crippen LogP contribution >= 0.6 is 0 Å². The summed E-state index contributed by atoms with van der Waals surface area (Å²) >= 11 is 0. The topological polar surface area (TPSA) is 91.8 Å². The molecule has 2 atom stereocenters. The number of aromatic nitrogens is 1. The first-order chi connectivity index (χ1) is 16.8. The molecule has 1 aromatic carbocycles. The summed E-state index contributed by atoms with van der Waals surface area (Å²) in [7, 11) is -3.39. The Kier molecular flexibility index (Phi) is 8.38. The van der Waals surface area contributed by atoms with Gasteiger partial charge < -0.3 is 14.7 Å². The van der Waals surface area contributed by atoms with Gasteiger partial charge in [0.1, 0.15) is 6.23 Å². The molecule has 35 heavy (non-hydrogen) atoms. The SMILES string of the molecule is CC1=CC(c2cccnc2)=CN(C(CNS(C)(=O)=O)CO[C@H]2CC[C@@H](c3ccccc3)CC2)C1O. The van der Waals surface area contributed by atoms with Crippen LogP contribution in [0.3, 0.4) is 0 Å². The summed E-state index contributed by atoms with van der Waals surface area (Å²) in [6.07, 6.45) is 11.8. The van der Waals surface area contributed by atoms with Crippen LogP contribution in [0, 0.1) is 0 Å². The second kappa shape index (κ2) is 11.5. The molecule has 0 amide bonds. The van der Waals surface area contributed by atoms with Crippen LogP contribution in [0.5, 0.6) is 0 Å². The van der Waals surface area contributed by atoms with Gasteiger partial charge in [-0.3, -0.25) is 4.98 Å². The Morgan fingerprint density at radius 1 is 1.14 bits per heavy atom. The Balaban J connectivity index is 1.45. The first-order valence-electron chi connectivity index (χ1n) is 12.2. The van der Waals surface area contributed by atoms with E-state index in [1.54, 1.807) is 17.3 Å². The zero-order chi connectivity index (χ0) is 24.8. The molecule has 4 rings (SSSR count). The molecule has 1 saturated carbocycles. The van der Waals surface area contributed by atoms with E-state index in [1.807, 2.05) is 37.4 Å². The van der Waals surface area contributed by atoms with Crippen LogP contribution in [0.2, 0.25) is 0 Å². The van der Waals surface area contributed by atoms with Crippen molar-refractivity contribution in [2.45, 2.75) is 56.9 Å². The van der Waals surface area contributed by atoms with E-state index in [-0.39, 0.29) is 18.7 Å². The number of nitrogens with one attached hydrogen (secondary N) is 1. The smallest absolute Gasteiger partial charge is 0.208 e. The number of rotatable bonds is 9. The molecule has 2 N–H and O–H groups in total. The van der Waals surface area contributed by atoms with Gasteiger partial charge in [0.15, 0.2) is 0 Å². The van der Waals surface area contributed by atoms with Crippen LogP contribution in [-0.2, 0) is 14.8 Å². The van der Waals surface area contributed by atoms with Gasteiger partial charge >= 0.3 is 0 Å². The Morgan fingerprint density at radius 3 is 2.54 bits per heavy atom. The van der Waals surface area contributed by atoms with Gasteiger partial charge in [-0.25, -0.2) is 13.1 Å². The van der Waals surface area contributed by atoms with E-state index < -0.39 is 16.3 Å². The molecular formula is C27H35N3O4S. The Bertz CT molecular complexity index is 1130. The highest BCUT2D eigenvalue weighted by Crippen LogP contribution is 2.34. The number of benzene rings is 1. The van der Waals surface area contributed by atoms with Crippen molar-refractivity contribution < 1.29 is 18.3 Å². The van der Waals surface area contributed by atoms with Crippen LogP contribution in [0.1, 0.15) is 49.7 Å². The molecule has 0 saturated heterocycles. The molecule has 1 aliphatic carbocycles. The number of aliphatic hydroxyl groups excluding tert-OH is 1. The predicted octanol–water partition coefficient (Wildman–Crippen LogP) is 3.66. The molecular weight excluding hydrogens is 462 g/mol. The van der Waals surface area contributed by atoms with Crippen molar-refractivity contribution in [1.82, 2.24) is 14.6 Å². The number of sulfonamides is 1. The van der Waals surface area contributed by atoms with Crippen molar-refractivity contribution in [3.63, 3.8) is 0 Å². The van der Waals surface area contributed by atoms with Crippen LogP contribution in [-0.4, -0.2) is 61.2 Å². The standard InChI is InChI=1S/C27H35N3O4S/c1-20-15-24(23-9-6-14-28-16-23)18-30(27(20)31)25(17-29-35(2,32)33)19-34-26-12-10-22(11-13-26)21-7-4-3-5-8-21/h3-9,14-16,18,22,25-27,29,31H,10-13,17,19H2,1-2H3/t22-,25?,26+,27?. The summed E-state index contributed by atoms with van der Waals surface area (Å²) in [5.41, 5.74) is 4.00. The Hall–Kier alpha value is -2.52. The minimum atomic E-state index is -3.39. The molecule has 0 bridgehead atoms. The molecule has 1 fully saturated rings. The zero-order valence-electron chi connectivity index (χ0n) is 20.4. The van der Waals surface area contributed by atoms with E-state index in [0.29, 0.717) is 12.5 Å². The summed E-state index contributed by atoms with van der Waals surface area (Å²) in [5, 5.41) is 11.0. The summed E-state index contributed by atoms with van der Waals surface area (Å²) < 4.78 is 32.6. The summed E-state index contributed by atoms with van der Waals surface area (Å²) in [4.78, 5) is 6.00. The third-order valence-electron chi connectivity index (χ3n) is 6.83. The number of pyridine rings is 1. The lowest BCUT2D eigenvalue weighted by Crippen LogP contribution is -2.50. The van der Waals surface area contributed by atoms with Crippen molar-refractivity contribution in [2.24, 2.45) is 0 Å². The molecule has 1 aliphatic heterocycles. The number of aliphatic hydroxyl groups is 1. The van der Waals surface area contributed by atoms with E-state index in [9.17, 15) is 13.5 Å². The molecule has 0 radical (unpaired) electrons. The zero-order valence-corrected chi connectivity index (χ0v) is 21.2. The van der Waals surface area contributed by atoms with Crippen LogP contribution < -0.4 is 4.72 Å². The van der Waals surface area contributed by atoms with E-state index >= 15 is 0 Å². The fraction of sp³-hybridized carbons (Fsp3) is 0.444. The van der Waals surface area contributed by atoms with E-state index in [2.05, 4.69) is 34.0 Å². The highest BCUT2D eigenvalue weighted by atomic mass is 32.2. The van der Waals surface area contributed by atoms with E-state index in [4.69, 9.17) is 4.74 Å². The third kappa shape index (κ3) is 7.01. The predicted molar refractivity (Wildman–Crippen MR) is 138 cm³/mol. The monoisotopic (exact) mass is 497 g/mol. The summed E-state index contributed by atoms with van der Waals surface area (Å²) in [5.74, 6) is 0.556. The maximum absolute atomic E-state index is 11.9. The summed E-state index contributed by atoms with van der Waals surface area (Å²) in [6.45, 7) is 2.32. The van der Waals surface area contributed by atoms with Crippen LogP contribution in [0.15, 0.2) is 72.7 Å². The van der Waals surface area contributed by atoms with Crippen molar-refractivity contribution in [2.75, 3.05) is 19.4 Å². The molecule has 2 unspecified atom stereocenters. The van der Waals surface area contributed by atoms with Crippen molar-refractivity contribution in [1.29, 1.82) is 0 Å². The van der Waals surface area contributed by atoms with E-state index in [1.165, 1.54) is 5.56 Å². The van der Waals surface area contributed by atoms with Crippen molar-refractivity contribution in [3.05, 3.63) is 83.8 Å². The number of hydrogen-bond donors (Lipinski definition) is 2. The van der Waals surface area contributed by atoms with Gasteiger partial charge in [0.2, 0.25) is 10.0 Å². The first kappa shape index (κ1) is 25.6. The minimum absolute atomic E-state index is 0.121. The maximum Gasteiger partial charge on any atom is 0.208 e. The Labute approximate surface area is 208 Å². The normalized spacial score (nSPS) is 24.0. The van der Waals surface area contributed by atoms with Gasteiger partial charge in [0, 0.05) is 30.7 Å². The highest BCUT2D eigenvalue weighted by Gasteiger charge is 2.30. The lowest BCUT2D eigenvalue weighted by atomic mass is 9.83. The van der Waals surface area contributed by atoms with Gasteiger partial charge in [0.25, 0.3) is 0 Å². The van der Waals surface area contributed by atoms with Gasteiger partial charge in [0.05, 0.1) is 25.0 Å². The Morgan fingerprint density at radius 2 is 1.89 bits per heavy atom. The highest BCUT2D eigenvalue weighted by molar-refractivity contribution is 7.88. The average Bonchev–Trinajstić information content (AvgIpc) is 2.87. The molecule has 2 aromatic rings. The summed E-state index contributed by atoms with van der Waals surface area (Å²) in [6, 6.07) is 14.1. The lowest BCUT2D eigenvalue weighted by molar-refractivity contribution is -0.0337. The molecule has 8 heteroatoms. The molecule has 2 aliphatic rings. The molecule has 1 aromatic heterocycles. The van der Waals surface area contributed by atoms with Gasteiger partial charge in [-0.2, -0.15) is 0 Å². The minimum Gasteiger partial charge on any atom is -0.376 e. The molecule has 0 spiro atoms. The number of hydrogen-bond acceptors (Lipinski definition) is 6. The van der Waals surface area contributed by atoms with Gasteiger partial charge in [-0.1, -0.05) is 36.4 Å². The van der Waals surface area contributed by atoms with Crippen LogP contribution in [0.4, 0.5) is 0 Å². The fourth-order valence-corrected chi connectivity index (χ4v) is 5.35. The number of allylic oxidation sites excluding steroid dienone is 2.